The molecule has 0 N–H and O–H groups in total. The van der Waals surface area contributed by atoms with Gasteiger partial charge in [-0.15, -0.1) is 0 Å². The van der Waals surface area contributed by atoms with Gasteiger partial charge in [-0.05, 0) is 38.1 Å². The highest BCUT2D eigenvalue weighted by Gasteiger charge is 2.15. The third-order valence-corrected chi connectivity index (χ3v) is 4.59. The molecule has 1 rings (SSSR count). The Labute approximate surface area is 101 Å². The number of ether oxygens (including phenoxy) is 1. The molecule has 0 fully saturated rings. The Balaban J connectivity index is 2.45. The molecule has 0 saturated heterocycles. The molecule has 0 amide bonds. The van der Waals surface area contributed by atoms with Crippen molar-refractivity contribution in [1.29, 1.82) is 0 Å². The first kappa shape index (κ1) is 13.3. The summed E-state index contributed by atoms with van der Waals surface area (Å²) in [5.74, 6) is 0.663. The minimum absolute atomic E-state index is 0.0350. The van der Waals surface area contributed by atoms with E-state index < -0.39 is 9.84 Å². The zero-order valence-electron chi connectivity index (χ0n) is 9.31. The van der Waals surface area contributed by atoms with E-state index in [9.17, 15) is 8.42 Å². The zero-order chi connectivity index (χ0) is 12.2. The summed E-state index contributed by atoms with van der Waals surface area (Å²) >= 11 is 5.71. The number of hydrogen-bond donors (Lipinski definition) is 0. The van der Waals surface area contributed by atoms with Crippen LogP contribution in [0.1, 0.15) is 13.8 Å². The second-order valence-corrected chi connectivity index (χ2v) is 6.83. The molecule has 1 aromatic rings. The molecular weight excluding hydrogens is 248 g/mol. The largest absolute Gasteiger partial charge is 0.493 e. The summed E-state index contributed by atoms with van der Waals surface area (Å²) in [4.78, 5) is 0. The van der Waals surface area contributed by atoms with E-state index >= 15 is 0 Å². The molecule has 16 heavy (non-hydrogen) atoms. The lowest BCUT2D eigenvalue weighted by molar-refractivity contribution is 0.340. The second kappa shape index (κ2) is 5.55. The van der Waals surface area contributed by atoms with Gasteiger partial charge < -0.3 is 4.74 Å². The fraction of sp³-hybridized carbons (Fsp3) is 0.455. The van der Waals surface area contributed by atoms with Crippen LogP contribution in [0.15, 0.2) is 24.3 Å². The molecule has 1 aromatic carbocycles. The van der Waals surface area contributed by atoms with Crippen molar-refractivity contribution >= 4 is 21.4 Å². The van der Waals surface area contributed by atoms with E-state index in [1.807, 2.05) is 0 Å². The maximum Gasteiger partial charge on any atom is 0.155 e. The Morgan fingerprint density at radius 2 is 1.81 bits per heavy atom. The van der Waals surface area contributed by atoms with Crippen molar-refractivity contribution in [2.45, 2.75) is 19.1 Å². The monoisotopic (exact) mass is 262 g/mol. The standard InChI is InChI=1S/C11H15ClO3S/c1-9(2)16(13,14)8-7-15-11-5-3-10(12)4-6-11/h3-6,9H,7-8H2,1-2H3. The second-order valence-electron chi connectivity index (χ2n) is 3.72. The van der Waals surface area contributed by atoms with Crippen LogP contribution in [-0.4, -0.2) is 26.0 Å². The van der Waals surface area contributed by atoms with Gasteiger partial charge in [-0.3, -0.25) is 0 Å². The average Bonchev–Trinajstić information content (AvgIpc) is 2.20. The summed E-state index contributed by atoms with van der Waals surface area (Å²) < 4.78 is 28.3. The first-order valence-electron chi connectivity index (χ1n) is 5.02. The lowest BCUT2D eigenvalue weighted by atomic mass is 10.3. The van der Waals surface area contributed by atoms with Gasteiger partial charge in [-0.25, -0.2) is 8.42 Å². The molecule has 3 nitrogen and oxygen atoms in total. The number of sulfone groups is 1. The van der Waals surface area contributed by atoms with E-state index in [-0.39, 0.29) is 17.6 Å². The van der Waals surface area contributed by atoms with Crippen LogP contribution >= 0.6 is 11.6 Å². The van der Waals surface area contributed by atoms with Gasteiger partial charge >= 0.3 is 0 Å². The summed E-state index contributed by atoms with van der Waals surface area (Å²) in [5.41, 5.74) is 0. The highest BCUT2D eigenvalue weighted by atomic mass is 35.5. The van der Waals surface area contributed by atoms with E-state index in [1.165, 1.54) is 0 Å². The quantitative estimate of drug-likeness (QED) is 0.819. The van der Waals surface area contributed by atoms with Crippen molar-refractivity contribution < 1.29 is 13.2 Å². The normalized spacial score (nSPS) is 11.8. The Bertz CT molecular complexity index is 423. The van der Waals surface area contributed by atoms with E-state index in [0.29, 0.717) is 10.8 Å². The van der Waals surface area contributed by atoms with Crippen LogP contribution in [0, 0.1) is 0 Å². The van der Waals surface area contributed by atoms with Crippen LogP contribution < -0.4 is 4.74 Å². The van der Waals surface area contributed by atoms with Crippen LogP contribution in [-0.2, 0) is 9.84 Å². The van der Waals surface area contributed by atoms with Gasteiger partial charge in [0, 0.05) is 5.02 Å². The van der Waals surface area contributed by atoms with Crippen molar-refractivity contribution in [2.24, 2.45) is 0 Å². The van der Waals surface area contributed by atoms with Gasteiger partial charge in [0.2, 0.25) is 0 Å². The van der Waals surface area contributed by atoms with Gasteiger partial charge in [-0.1, -0.05) is 11.6 Å². The minimum Gasteiger partial charge on any atom is -0.493 e. The van der Waals surface area contributed by atoms with Gasteiger partial charge in [0.05, 0.1) is 11.0 Å². The first-order chi connectivity index (χ1) is 7.42. The lowest BCUT2D eigenvalue weighted by Gasteiger charge is -2.09. The van der Waals surface area contributed by atoms with Crippen LogP contribution in [0.25, 0.3) is 0 Å². The van der Waals surface area contributed by atoms with Crippen LogP contribution in [0.2, 0.25) is 5.02 Å². The van der Waals surface area contributed by atoms with Crippen LogP contribution in [0.5, 0.6) is 5.75 Å². The van der Waals surface area contributed by atoms with Gasteiger partial charge in [0.25, 0.3) is 0 Å². The molecule has 0 aromatic heterocycles. The smallest absolute Gasteiger partial charge is 0.155 e. The average molecular weight is 263 g/mol. The van der Waals surface area contributed by atoms with E-state index in [2.05, 4.69) is 0 Å². The van der Waals surface area contributed by atoms with E-state index in [1.54, 1.807) is 38.1 Å². The molecule has 5 heteroatoms. The number of rotatable bonds is 5. The number of halogens is 1. The Kier molecular flexibility index (Phi) is 4.62. The fourth-order valence-corrected chi connectivity index (χ4v) is 1.96. The van der Waals surface area contributed by atoms with Gasteiger partial charge in [-0.2, -0.15) is 0 Å². The summed E-state index contributed by atoms with van der Waals surface area (Å²) in [7, 11) is -3.03. The SMILES string of the molecule is CC(C)S(=O)(=O)CCOc1ccc(Cl)cc1. The molecule has 0 aliphatic carbocycles. The highest BCUT2D eigenvalue weighted by molar-refractivity contribution is 7.91. The Hall–Kier alpha value is -0.740. The summed E-state index contributed by atoms with van der Waals surface area (Å²) in [6.07, 6.45) is 0. The van der Waals surface area contributed by atoms with Crippen molar-refractivity contribution in [1.82, 2.24) is 0 Å². The molecular formula is C11H15ClO3S. The molecule has 0 spiro atoms. The predicted octanol–water partition coefficient (Wildman–Crippen LogP) is 2.54. The fourth-order valence-electron chi connectivity index (χ4n) is 1.04. The van der Waals surface area contributed by atoms with Crippen molar-refractivity contribution in [3.8, 4) is 5.75 Å². The molecule has 0 unspecified atom stereocenters. The van der Waals surface area contributed by atoms with Gasteiger partial charge in [0.1, 0.15) is 12.4 Å². The molecule has 0 bridgehead atoms. The maximum atomic E-state index is 11.5. The Morgan fingerprint density at radius 1 is 1.25 bits per heavy atom. The maximum absolute atomic E-state index is 11.5. The lowest BCUT2D eigenvalue weighted by Crippen LogP contribution is -2.21. The van der Waals surface area contributed by atoms with E-state index in [4.69, 9.17) is 16.3 Å². The summed E-state index contributed by atoms with van der Waals surface area (Å²) in [6.45, 7) is 3.50. The topological polar surface area (TPSA) is 43.4 Å². The highest BCUT2D eigenvalue weighted by Crippen LogP contribution is 2.15. The first-order valence-corrected chi connectivity index (χ1v) is 7.11. The third-order valence-electron chi connectivity index (χ3n) is 2.17. The molecule has 0 aliphatic rings. The minimum atomic E-state index is -3.03. The van der Waals surface area contributed by atoms with Crippen molar-refractivity contribution in [3.63, 3.8) is 0 Å². The molecule has 0 radical (unpaired) electrons. The summed E-state index contributed by atoms with van der Waals surface area (Å²) in [5, 5.41) is 0.267. The molecule has 90 valence electrons. The zero-order valence-corrected chi connectivity index (χ0v) is 10.9. The molecule has 0 atom stereocenters. The van der Waals surface area contributed by atoms with E-state index in [0.717, 1.165) is 0 Å². The molecule has 0 aliphatic heterocycles. The number of hydrogen-bond acceptors (Lipinski definition) is 3. The van der Waals surface area contributed by atoms with Crippen LogP contribution in [0.4, 0.5) is 0 Å². The summed E-state index contributed by atoms with van der Waals surface area (Å²) in [6, 6.07) is 6.83. The van der Waals surface area contributed by atoms with Crippen molar-refractivity contribution in [2.75, 3.05) is 12.4 Å². The Morgan fingerprint density at radius 3 is 2.31 bits per heavy atom. The third kappa shape index (κ3) is 4.02. The number of benzene rings is 1. The molecule has 0 saturated carbocycles. The predicted molar refractivity (Wildman–Crippen MR) is 65.9 cm³/mol. The molecule has 0 heterocycles. The van der Waals surface area contributed by atoms with Crippen LogP contribution in [0.3, 0.4) is 0 Å². The van der Waals surface area contributed by atoms with Gasteiger partial charge in [0.15, 0.2) is 9.84 Å². The van der Waals surface area contributed by atoms with Crippen molar-refractivity contribution in [3.05, 3.63) is 29.3 Å².